The maximum absolute atomic E-state index is 14.6. The lowest BCUT2D eigenvalue weighted by Crippen LogP contribution is -2.14. The highest BCUT2D eigenvalue weighted by Gasteiger charge is 2.22. The molecule has 3 heterocycles. The Hall–Kier alpha value is -2.23. The molecule has 0 amide bonds. The summed E-state index contributed by atoms with van der Waals surface area (Å²) in [5, 5.41) is 8.14. The van der Waals surface area contributed by atoms with Gasteiger partial charge in [-0.15, -0.1) is 10.2 Å². The van der Waals surface area contributed by atoms with Crippen molar-refractivity contribution in [2.75, 3.05) is 4.72 Å². The summed E-state index contributed by atoms with van der Waals surface area (Å²) in [4.78, 5) is 3.51. The van der Waals surface area contributed by atoms with Crippen LogP contribution >= 0.6 is 23.2 Å². The van der Waals surface area contributed by atoms with Crippen LogP contribution in [0.5, 0.6) is 0 Å². The van der Waals surface area contributed by atoms with Crippen LogP contribution < -0.4 is 4.72 Å². The number of hydrogen-bond acceptors (Lipinski definition) is 5. The summed E-state index contributed by atoms with van der Waals surface area (Å²) in [6, 6.07) is 6.49. The van der Waals surface area contributed by atoms with Crippen LogP contribution in [-0.4, -0.2) is 28.2 Å². The van der Waals surface area contributed by atoms with E-state index in [-0.39, 0.29) is 26.5 Å². The lowest BCUT2D eigenvalue weighted by molar-refractivity contribution is 0.600. The number of anilines is 1. The number of aryl methyl sites for hydroxylation is 1. The average molecular weight is 456 g/mol. The van der Waals surface area contributed by atoms with Gasteiger partial charge in [0.05, 0.1) is 5.56 Å². The summed E-state index contributed by atoms with van der Waals surface area (Å²) >= 11 is 11.6. The molecule has 11 heteroatoms. The second kappa shape index (κ2) is 7.89. The van der Waals surface area contributed by atoms with Crippen LogP contribution in [0.15, 0.2) is 35.2 Å². The second-order valence-electron chi connectivity index (χ2n) is 6.63. The van der Waals surface area contributed by atoms with Crippen LogP contribution in [0.1, 0.15) is 25.1 Å². The van der Waals surface area contributed by atoms with Gasteiger partial charge in [-0.05, 0) is 43.2 Å². The van der Waals surface area contributed by atoms with Gasteiger partial charge in [-0.3, -0.25) is 4.72 Å². The van der Waals surface area contributed by atoms with Gasteiger partial charge in [-0.1, -0.05) is 29.6 Å². The van der Waals surface area contributed by atoms with E-state index in [1.54, 1.807) is 0 Å². The number of hydrogen-bond donors (Lipinski definition) is 1. The molecule has 0 saturated heterocycles. The minimum Gasteiger partial charge on any atom is -0.311 e. The molecule has 0 bridgehead atoms. The van der Waals surface area contributed by atoms with Crippen LogP contribution in [0, 0.1) is 5.82 Å². The fraction of sp³-hybridized carbons (Fsp3) is 0.278. The van der Waals surface area contributed by atoms with Gasteiger partial charge in [0.25, 0.3) is 10.0 Å². The largest absolute Gasteiger partial charge is 0.311 e. The molecule has 152 valence electrons. The summed E-state index contributed by atoms with van der Waals surface area (Å²) < 4.78 is 44.2. The number of halogens is 3. The molecule has 29 heavy (non-hydrogen) atoms. The maximum Gasteiger partial charge on any atom is 0.264 e. The van der Waals surface area contributed by atoms with Crippen molar-refractivity contribution < 1.29 is 12.8 Å². The fourth-order valence-corrected chi connectivity index (χ4v) is 4.97. The van der Waals surface area contributed by atoms with Gasteiger partial charge in [-0.2, -0.15) is 0 Å². The zero-order valence-electron chi connectivity index (χ0n) is 15.1. The molecular weight excluding hydrogens is 440 g/mol. The first kappa shape index (κ1) is 20.1. The molecule has 0 aliphatic carbocycles. The third-order valence-corrected chi connectivity index (χ3v) is 6.66. The molecule has 0 fully saturated rings. The lowest BCUT2D eigenvalue weighted by Gasteiger charge is -2.12. The van der Waals surface area contributed by atoms with Gasteiger partial charge >= 0.3 is 0 Å². The smallest absolute Gasteiger partial charge is 0.264 e. The Bertz CT molecular complexity index is 1180. The minimum atomic E-state index is -4.05. The number of sulfonamides is 1. The number of nitrogens with one attached hydrogen (secondary N) is 1. The fourth-order valence-electron chi connectivity index (χ4n) is 3.25. The predicted molar refractivity (Wildman–Crippen MR) is 108 cm³/mol. The molecule has 0 radical (unpaired) electrons. The molecule has 4 rings (SSSR count). The molecule has 0 unspecified atom stereocenters. The molecule has 1 aromatic carbocycles. The van der Waals surface area contributed by atoms with Crippen LogP contribution in [0.3, 0.4) is 0 Å². The van der Waals surface area contributed by atoms with Gasteiger partial charge in [-0.25, -0.2) is 17.8 Å². The van der Waals surface area contributed by atoms with Gasteiger partial charge < -0.3 is 4.57 Å². The number of fused-ring (bicyclic) bond motifs is 1. The zero-order chi connectivity index (χ0) is 20.6. The van der Waals surface area contributed by atoms with Gasteiger partial charge in [0.15, 0.2) is 11.0 Å². The van der Waals surface area contributed by atoms with E-state index in [1.807, 2.05) is 4.57 Å². The molecule has 2 aromatic heterocycles. The normalized spacial score (nSPS) is 14.3. The van der Waals surface area contributed by atoms with Crippen molar-refractivity contribution in [2.24, 2.45) is 0 Å². The third kappa shape index (κ3) is 4.08. The highest BCUT2D eigenvalue weighted by atomic mass is 35.5. The summed E-state index contributed by atoms with van der Waals surface area (Å²) in [5.74, 6) is 0.673. The number of benzene rings is 1. The van der Waals surface area contributed by atoms with Crippen molar-refractivity contribution in [1.82, 2.24) is 19.7 Å². The van der Waals surface area contributed by atoms with Crippen molar-refractivity contribution in [2.45, 2.75) is 37.1 Å². The zero-order valence-corrected chi connectivity index (χ0v) is 17.4. The topological polar surface area (TPSA) is 89.8 Å². The first-order valence-electron chi connectivity index (χ1n) is 8.92. The highest BCUT2D eigenvalue weighted by Crippen LogP contribution is 2.29. The molecule has 0 atom stereocenters. The Labute approximate surface area is 176 Å². The maximum atomic E-state index is 14.6. The lowest BCUT2D eigenvalue weighted by atomic mass is 10.1. The molecule has 3 aromatic rings. The Balaban J connectivity index is 1.70. The average Bonchev–Trinajstić information content (AvgIpc) is 2.90. The Morgan fingerprint density at radius 3 is 2.69 bits per heavy atom. The summed E-state index contributed by atoms with van der Waals surface area (Å²) in [7, 11) is -4.05. The molecule has 0 spiro atoms. The van der Waals surface area contributed by atoms with E-state index in [1.165, 1.54) is 30.3 Å². The van der Waals surface area contributed by atoms with E-state index in [4.69, 9.17) is 23.2 Å². The second-order valence-corrected chi connectivity index (χ2v) is 9.02. The molecule has 1 aliphatic rings. The van der Waals surface area contributed by atoms with Crippen LogP contribution in [-0.2, 0) is 23.0 Å². The monoisotopic (exact) mass is 455 g/mol. The first-order chi connectivity index (χ1) is 13.8. The van der Waals surface area contributed by atoms with E-state index in [2.05, 4.69) is 19.9 Å². The Morgan fingerprint density at radius 2 is 1.90 bits per heavy atom. The van der Waals surface area contributed by atoms with Crippen molar-refractivity contribution >= 4 is 38.9 Å². The van der Waals surface area contributed by atoms with Gasteiger partial charge in [0.2, 0.25) is 0 Å². The molecular formula is C18H16Cl2FN5O2S. The van der Waals surface area contributed by atoms with E-state index in [0.717, 1.165) is 31.5 Å². The number of pyridine rings is 1. The van der Waals surface area contributed by atoms with E-state index < -0.39 is 15.8 Å². The molecule has 0 saturated carbocycles. The summed E-state index contributed by atoms with van der Waals surface area (Å²) in [6.45, 7) is 0.694. The van der Waals surface area contributed by atoms with Crippen molar-refractivity contribution in [3.63, 3.8) is 0 Å². The van der Waals surface area contributed by atoms with Crippen molar-refractivity contribution in [3.8, 4) is 11.4 Å². The van der Waals surface area contributed by atoms with Crippen LogP contribution in [0.25, 0.3) is 11.4 Å². The number of nitrogens with zero attached hydrogens (tertiary/aromatic N) is 4. The molecule has 1 N–H and O–H groups in total. The Kier molecular flexibility index (Phi) is 5.46. The van der Waals surface area contributed by atoms with E-state index >= 15 is 0 Å². The third-order valence-electron chi connectivity index (χ3n) is 4.64. The minimum absolute atomic E-state index is 0.0746. The van der Waals surface area contributed by atoms with E-state index in [0.29, 0.717) is 12.4 Å². The van der Waals surface area contributed by atoms with Gasteiger partial charge in [0, 0.05) is 18.7 Å². The van der Waals surface area contributed by atoms with Crippen LogP contribution in [0.2, 0.25) is 10.3 Å². The quantitative estimate of drug-likeness (QED) is 0.591. The molecule has 1 aliphatic heterocycles. The van der Waals surface area contributed by atoms with Crippen LogP contribution in [0.4, 0.5) is 10.1 Å². The molecule has 7 nitrogen and oxygen atoms in total. The summed E-state index contributed by atoms with van der Waals surface area (Å²) in [5.41, 5.74) is 0.338. The SMILES string of the molecule is O=S(=O)(Nc1ccc(F)c(-c2nnc3n2CCCCC3)c1)c1ccc(Cl)nc1Cl. The number of aromatic nitrogens is 4. The van der Waals surface area contributed by atoms with Crippen molar-refractivity contribution in [3.05, 3.63) is 52.3 Å². The van der Waals surface area contributed by atoms with Crippen molar-refractivity contribution in [1.29, 1.82) is 0 Å². The summed E-state index contributed by atoms with van der Waals surface area (Å²) in [6.07, 6.45) is 3.81. The highest BCUT2D eigenvalue weighted by molar-refractivity contribution is 7.92. The standard InChI is InChI=1S/C18H16Cl2FN5O2S/c19-15-8-7-14(17(20)22-15)29(27,28)25-11-5-6-13(21)12(10-11)18-24-23-16-4-2-1-3-9-26(16)18/h5-8,10,25H,1-4,9H2. The first-order valence-corrected chi connectivity index (χ1v) is 11.2. The van der Waals surface area contributed by atoms with E-state index in [9.17, 15) is 12.8 Å². The predicted octanol–water partition coefficient (Wildman–Crippen LogP) is 4.31. The Morgan fingerprint density at radius 1 is 1.07 bits per heavy atom. The van der Waals surface area contributed by atoms with Gasteiger partial charge in [0.1, 0.15) is 21.7 Å². The number of rotatable bonds is 4.